The van der Waals surface area contributed by atoms with Gasteiger partial charge in [0.05, 0.1) is 0 Å². The predicted molar refractivity (Wildman–Crippen MR) is 154 cm³/mol. The van der Waals surface area contributed by atoms with E-state index in [1.54, 1.807) is 0 Å². The monoisotopic (exact) mass is 546 g/mol. The molecule has 3 heteroatoms. The highest BCUT2D eigenvalue weighted by Gasteiger charge is 2.60. The molecule has 0 bridgehead atoms. The highest BCUT2D eigenvalue weighted by Crippen LogP contribution is 2.62. The molecule has 0 saturated heterocycles. The fraction of sp³-hybridized carbons (Fsp3) is 0.176. The van der Waals surface area contributed by atoms with E-state index in [1.165, 1.54) is 0 Å². The molecule has 1 saturated carbocycles. The number of hydrogen-bond donors (Lipinski definition) is 2. The summed E-state index contributed by atoms with van der Waals surface area (Å²) in [5.41, 5.74) is 0.803. The smallest absolute Gasteiger partial charge is 0.122 e. The first-order chi connectivity index (χ1) is 18.0. The lowest BCUT2D eigenvalue weighted by Crippen LogP contribution is -2.56. The molecule has 37 heavy (non-hydrogen) atoms. The van der Waals surface area contributed by atoms with Crippen LogP contribution in [0, 0.1) is 11.8 Å². The molecule has 0 aliphatic heterocycles. The van der Waals surface area contributed by atoms with Crippen LogP contribution in [0.1, 0.15) is 24.0 Å². The van der Waals surface area contributed by atoms with E-state index in [-0.39, 0.29) is 11.8 Å². The van der Waals surface area contributed by atoms with E-state index in [0.29, 0.717) is 0 Å². The van der Waals surface area contributed by atoms with E-state index in [0.717, 1.165) is 61.1 Å². The van der Waals surface area contributed by atoms with Crippen molar-refractivity contribution in [3.05, 3.63) is 142 Å². The molecule has 4 aromatic rings. The Kier molecular flexibility index (Phi) is 5.20. The van der Waals surface area contributed by atoms with Gasteiger partial charge in [-0.2, -0.15) is 0 Å². The Morgan fingerprint density at radius 2 is 1.11 bits per heavy atom. The first kappa shape index (κ1) is 22.9. The van der Waals surface area contributed by atoms with Gasteiger partial charge in [0, 0.05) is 16.3 Å². The maximum absolute atomic E-state index is 13.0. The Morgan fingerprint density at radius 3 is 1.68 bits per heavy atom. The van der Waals surface area contributed by atoms with E-state index in [2.05, 4.69) is 88.8 Å². The molecule has 4 unspecified atom stereocenters. The van der Waals surface area contributed by atoms with Gasteiger partial charge in [0.25, 0.3) is 0 Å². The molecule has 4 atom stereocenters. The molecule has 0 amide bonds. The molecule has 2 N–H and O–H groups in total. The van der Waals surface area contributed by atoms with Crippen molar-refractivity contribution in [3.8, 4) is 0 Å². The summed E-state index contributed by atoms with van der Waals surface area (Å²) < 4.78 is 0.913. The molecule has 4 aromatic carbocycles. The lowest BCUT2D eigenvalue weighted by atomic mass is 9.52. The van der Waals surface area contributed by atoms with Crippen LogP contribution < -0.4 is 0 Å². The number of hydrogen-bond acceptors (Lipinski definition) is 2. The molecular weight excluding hydrogens is 520 g/mol. The highest BCUT2D eigenvalue weighted by molar-refractivity contribution is 9.11. The van der Waals surface area contributed by atoms with Gasteiger partial charge in [0.2, 0.25) is 0 Å². The van der Waals surface area contributed by atoms with Crippen LogP contribution in [-0.4, -0.2) is 10.2 Å². The van der Waals surface area contributed by atoms with Crippen molar-refractivity contribution < 1.29 is 10.2 Å². The number of fused-ring (bicyclic) bond motifs is 4. The Hall–Kier alpha value is -3.24. The van der Waals surface area contributed by atoms with Crippen molar-refractivity contribution in [1.29, 1.82) is 0 Å². The quantitative estimate of drug-likeness (QED) is 0.269. The van der Waals surface area contributed by atoms with Crippen LogP contribution in [0.4, 0.5) is 0 Å². The average molecular weight is 547 g/mol. The molecule has 3 aliphatic rings. The van der Waals surface area contributed by atoms with Gasteiger partial charge in [-0.3, -0.25) is 0 Å². The second-order valence-corrected chi connectivity index (χ2v) is 11.3. The summed E-state index contributed by atoms with van der Waals surface area (Å²) in [6, 6.07) is 28.8. The molecule has 7 rings (SSSR count). The topological polar surface area (TPSA) is 40.5 Å². The fourth-order valence-corrected chi connectivity index (χ4v) is 7.38. The summed E-state index contributed by atoms with van der Waals surface area (Å²) in [7, 11) is 0. The minimum absolute atomic E-state index is 0.370. The van der Waals surface area contributed by atoms with Crippen LogP contribution >= 0.6 is 15.9 Å². The lowest BCUT2D eigenvalue weighted by molar-refractivity contribution is -0.0772. The van der Waals surface area contributed by atoms with Crippen molar-refractivity contribution in [2.45, 2.75) is 24.0 Å². The van der Waals surface area contributed by atoms with Crippen molar-refractivity contribution in [3.63, 3.8) is 0 Å². The van der Waals surface area contributed by atoms with Gasteiger partial charge < -0.3 is 10.2 Å². The zero-order valence-corrected chi connectivity index (χ0v) is 21.9. The van der Waals surface area contributed by atoms with Crippen molar-refractivity contribution in [1.82, 2.24) is 0 Å². The maximum Gasteiger partial charge on any atom is 0.122 e. The summed E-state index contributed by atoms with van der Waals surface area (Å²) in [6.45, 7) is 0. The number of halogens is 1. The average Bonchev–Trinajstić information content (AvgIpc) is 2.95. The Labute approximate surface area is 225 Å². The molecule has 1 fully saturated rings. The summed E-state index contributed by atoms with van der Waals surface area (Å²) in [4.78, 5) is 0. The van der Waals surface area contributed by atoms with Crippen molar-refractivity contribution >= 4 is 37.5 Å². The molecule has 0 spiro atoms. The van der Waals surface area contributed by atoms with Crippen LogP contribution in [0.3, 0.4) is 0 Å². The van der Waals surface area contributed by atoms with Gasteiger partial charge in [0.1, 0.15) is 11.2 Å². The van der Waals surface area contributed by atoms with Crippen LogP contribution in [0.2, 0.25) is 0 Å². The Morgan fingerprint density at radius 1 is 0.622 bits per heavy atom. The van der Waals surface area contributed by atoms with E-state index < -0.39 is 11.2 Å². The first-order valence-electron chi connectivity index (χ1n) is 12.9. The molecule has 182 valence electrons. The molecular formula is C34H27BrO2. The van der Waals surface area contributed by atoms with E-state index in [1.807, 2.05) is 42.5 Å². The second-order valence-electron chi connectivity index (χ2n) is 10.4. The summed E-state index contributed by atoms with van der Waals surface area (Å²) in [6.07, 6.45) is 12.2. The summed E-state index contributed by atoms with van der Waals surface area (Å²) >= 11 is 3.69. The van der Waals surface area contributed by atoms with Crippen molar-refractivity contribution in [2.24, 2.45) is 11.8 Å². The van der Waals surface area contributed by atoms with Crippen LogP contribution in [0.25, 0.3) is 21.5 Å². The second kappa shape index (κ2) is 8.39. The van der Waals surface area contributed by atoms with Gasteiger partial charge >= 0.3 is 0 Å². The van der Waals surface area contributed by atoms with E-state index >= 15 is 0 Å². The molecule has 2 nitrogen and oxygen atoms in total. The molecule has 0 radical (unpaired) electrons. The van der Waals surface area contributed by atoms with Crippen molar-refractivity contribution in [2.75, 3.05) is 0 Å². The van der Waals surface area contributed by atoms with Crippen LogP contribution in [0.15, 0.2) is 131 Å². The molecule has 3 aliphatic carbocycles. The first-order valence-corrected chi connectivity index (χ1v) is 13.7. The van der Waals surface area contributed by atoms with Gasteiger partial charge in [-0.25, -0.2) is 0 Å². The number of aliphatic hydroxyl groups is 2. The molecule has 0 heterocycles. The summed E-state index contributed by atoms with van der Waals surface area (Å²) in [5.74, 6) is -0.756. The minimum atomic E-state index is -1.31. The molecule has 0 aromatic heterocycles. The summed E-state index contributed by atoms with van der Waals surface area (Å²) in [5, 5.41) is 30.3. The lowest BCUT2D eigenvalue weighted by Gasteiger charge is -2.55. The zero-order chi connectivity index (χ0) is 25.2. The van der Waals surface area contributed by atoms with E-state index in [9.17, 15) is 10.2 Å². The maximum atomic E-state index is 13.0. The van der Waals surface area contributed by atoms with Gasteiger partial charge in [-0.05, 0) is 56.7 Å². The number of benzene rings is 4. The van der Waals surface area contributed by atoms with E-state index in [4.69, 9.17) is 0 Å². The minimum Gasteiger partial charge on any atom is -0.380 e. The fourth-order valence-electron chi connectivity index (χ4n) is 6.95. The SMILES string of the molecule is OC1(c2cccc3ccccc23)C2=CCCC=C2C(O)(c2cccc3ccccc23)C2C=C(Br)C=CC21. The highest BCUT2D eigenvalue weighted by atomic mass is 79.9. The standard InChI is InChI=1S/C34H27BrO2/c35-24-19-20-31-32(21-24)34(37,28-18-8-12-23-10-2-4-14-26(23)28)30-16-6-5-15-29(30)33(31,36)27-17-7-11-22-9-1-3-13-25(22)27/h1-4,7-21,31-32,36-37H,5-6H2. The zero-order valence-electron chi connectivity index (χ0n) is 20.3. The van der Waals surface area contributed by atoms with Gasteiger partial charge in [0.15, 0.2) is 0 Å². The third kappa shape index (κ3) is 3.18. The predicted octanol–water partition coefficient (Wildman–Crippen LogP) is 7.81. The van der Waals surface area contributed by atoms with Gasteiger partial charge in [-0.1, -0.05) is 131 Å². The van der Waals surface area contributed by atoms with Crippen LogP contribution in [-0.2, 0) is 11.2 Å². The third-order valence-electron chi connectivity index (χ3n) is 8.53. The normalized spacial score (nSPS) is 28.8. The van der Waals surface area contributed by atoms with Crippen LogP contribution in [0.5, 0.6) is 0 Å². The largest absolute Gasteiger partial charge is 0.380 e. The third-order valence-corrected chi connectivity index (χ3v) is 9.06. The Balaban J connectivity index is 1.55. The number of rotatable bonds is 2. The number of allylic oxidation sites excluding steroid dienone is 4. The van der Waals surface area contributed by atoms with Gasteiger partial charge in [-0.15, -0.1) is 0 Å². The Bertz CT molecular complexity index is 1680.